The van der Waals surface area contributed by atoms with E-state index in [2.05, 4.69) is 32.1 Å². The lowest BCUT2D eigenvalue weighted by Crippen LogP contribution is -2.29. The predicted molar refractivity (Wildman–Crippen MR) is 123 cm³/mol. The highest BCUT2D eigenvalue weighted by molar-refractivity contribution is 5.98. The van der Waals surface area contributed by atoms with Gasteiger partial charge in [-0.1, -0.05) is 6.07 Å². The van der Waals surface area contributed by atoms with E-state index in [4.69, 9.17) is 4.74 Å². The highest BCUT2D eigenvalue weighted by atomic mass is 16.5. The maximum atomic E-state index is 12.8. The Bertz CT molecular complexity index is 1070. The Morgan fingerprint density at radius 1 is 1.13 bits per heavy atom. The van der Waals surface area contributed by atoms with Gasteiger partial charge in [0.2, 0.25) is 0 Å². The van der Waals surface area contributed by atoms with E-state index in [9.17, 15) is 4.79 Å². The van der Waals surface area contributed by atoms with Crippen molar-refractivity contribution in [1.29, 1.82) is 0 Å². The van der Waals surface area contributed by atoms with Crippen LogP contribution in [0.2, 0.25) is 0 Å². The molecule has 0 atom stereocenters. The summed E-state index contributed by atoms with van der Waals surface area (Å²) in [4.78, 5) is 26.7. The number of rotatable bonds is 5. The molecule has 1 aliphatic rings. The van der Waals surface area contributed by atoms with Gasteiger partial charge in [-0.3, -0.25) is 9.78 Å². The van der Waals surface area contributed by atoms with Crippen molar-refractivity contribution in [2.24, 2.45) is 0 Å². The highest BCUT2D eigenvalue weighted by Crippen LogP contribution is 2.22. The van der Waals surface area contributed by atoms with Crippen LogP contribution in [-0.2, 0) is 6.54 Å². The zero-order chi connectivity index (χ0) is 21.8. The van der Waals surface area contributed by atoms with E-state index >= 15 is 0 Å². The number of carbonyl (C=O) groups excluding carboxylic acids is 1. The first-order valence-corrected chi connectivity index (χ1v) is 10.7. The van der Waals surface area contributed by atoms with Crippen LogP contribution in [0.25, 0.3) is 10.9 Å². The number of fused-ring (bicyclic) bond motifs is 1. The molecular formula is C24H29N5O2. The van der Waals surface area contributed by atoms with Crippen LogP contribution >= 0.6 is 0 Å². The lowest BCUT2D eigenvalue weighted by Gasteiger charge is -2.21. The van der Waals surface area contributed by atoms with Crippen LogP contribution < -0.4 is 15.0 Å². The Kier molecular flexibility index (Phi) is 6.32. The topological polar surface area (TPSA) is 70.6 Å². The van der Waals surface area contributed by atoms with Crippen molar-refractivity contribution < 1.29 is 9.53 Å². The minimum atomic E-state index is -0.144. The molecule has 1 aliphatic heterocycles. The number of aryl methyl sites for hydroxylation is 1. The number of amides is 1. The van der Waals surface area contributed by atoms with Gasteiger partial charge in [-0.15, -0.1) is 0 Å². The molecule has 4 rings (SSSR count). The number of aromatic nitrogens is 2. The third-order valence-electron chi connectivity index (χ3n) is 5.76. The molecule has 31 heavy (non-hydrogen) atoms. The first-order valence-electron chi connectivity index (χ1n) is 10.7. The minimum absolute atomic E-state index is 0.144. The molecule has 3 heterocycles. The van der Waals surface area contributed by atoms with Crippen molar-refractivity contribution in [1.82, 2.24) is 20.2 Å². The molecule has 0 spiro atoms. The van der Waals surface area contributed by atoms with Gasteiger partial charge >= 0.3 is 0 Å². The number of carbonyl (C=O) groups is 1. The van der Waals surface area contributed by atoms with Crippen molar-refractivity contribution in [3.8, 4) is 5.75 Å². The summed E-state index contributed by atoms with van der Waals surface area (Å²) in [5, 5.41) is 3.87. The third kappa shape index (κ3) is 4.94. The van der Waals surface area contributed by atoms with Gasteiger partial charge in [-0.2, -0.15) is 0 Å². The number of ether oxygens (including phenoxy) is 1. The first-order chi connectivity index (χ1) is 15.0. The van der Waals surface area contributed by atoms with Gasteiger partial charge in [0.15, 0.2) is 0 Å². The molecule has 3 aromatic rings. The van der Waals surface area contributed by atoms with E-state index < -0.39 is 0 Å². The molecule has 1 amide bonds. The largest absolute Gasteiger partial charge is 0.497 e. The van der Waals surface area contributed by atoms with Crippen LogP contribution in [0.5, 0.6) is 5.75 Å². The summed E-state index contributed by atoms with van der Waals surface area (Å²) in [5.74, 6) is 1.59. The first kappa shape index (κ1) is 21.1. The van der Waals surface area contributed by atoms with Gasteiger partial charge in [0.05, 0.1) is 23.9 Å². The number of methoxy groups -OCH3 is 1. The van der Waals surface area contributed by atoms with Crippen LogP contribution in [-0.4, -0.2) is 61.1 Å². The highest BCUT2D eigenvalue weighted by Gasteiger charge is 2.15. The molecule has 1 N–H and O–H groups in total. The number of anilines is 1. The summed E-state index contributed by atoms with van der Waals surface area (Å²) in [6, 6.07) is 11.6. The van der Waals surface area contributed by atoms with E-state index in [1.165, 1.54) is 0 Å². The maximum absolute atomic E-state index is 12.8. The van der Waals surface area contributed by atoms with E-state index in [0.29, 0.717) is 17.8 Å². The molecule has 162 valence electrons. The Morgan fingerprint density at radius 2 is 2.00 bits per heavy atom. The number of hydrogen-bond donors (Lipinski definition) is 1. The monoisotopic (exact) mass is 419 g/mol. The average molecular weight is 420 g/mol. The van der Waals surface area contributed by atoms with Crippen LogP contribution in [0.15, 0.2) is 42.6 Å². The number of hydrogen-bond acceptors (Lipinski definition) is 6. The Labute approximate surface area is 183 Å². The molecule has 0 aliphatic carbocycles. The molecule has 0 radical (unpaired) electrons. The van der Waals surface area contributed by atoms with Crippen LogP contribution in [0.4, 0.5) is 5.82 Å². The number of nitrogens with zero attached hydrogens (tertiary/aromatic N) is 4. The standard InChI is InChI=1S/C24H29N5O2/c1-17-21(14-19-13-20(31-3)6-7-22(19)27-17)24(30)26-16-18-5-8-23(25-15-18)29-10-4-9-28(2)11-12-29/h5-8,13-15H,4,9-12,16H2,1-3H3,(H,26,30). The second-order valence-corrected chi connectivity index (χ2v) is 8.03. The molecule has 2 aromatic heterocycles. The Morgan fingerprint density at radius 3 is 2.77 bits per heavy atom. The van der Waals surface area contributed by atoms with Crippen LogP contribution in [0, 0.1) is 6.92 Å². The lowest BCUT2D eigenvalue weighted by atomic mass is 10.1. The molecule has 1 aromatic carbocycles. The molecule has 0 saturated carbocycles. The van der Waals surface area contributed by atoms with Crippen molar-refractivity contribution in [2.75, 3.05) is 45.2 Å². The number of benzene rings is 1. The number of pyridine rings is 2. The molecule has 0 unspecified atom stereocenters. The normalized spacial score (nSPS) is 15.0. The number of nitrogens with one attached hydrogen (secondary N) is 1. The quantitative estimate of drug-likeness (QED) is 0.686. The van der Waals surface area contributed by atoms with Gasteiger partial charge in [0, 0.05) is 37.8 Å². The third-order valence-corrected chi connectivity index (χ3v) is 5.76. The second-order valence-electron chi connectivity index (χ2n) is 8.03. The summed E-state index contributed by atoms with van der Waals surface area (Å²) in [5.41, 5.74) is 3.08. The average Bonchev–Trinajstić information content (AvgIpc) is 3.01. The fraction of sp³-hybridized carbons (Fsp3) is 0.375. The van der Waals surface area contributed by atoms with Gasteiger partial charge in [-0.25, -0.2) is 4.98 Å². The smallest absolute Gasteiger partial charge is 0.253 e. The fourth-order valence-electron chi connectivity index (χ4n) is 3.87. The van der Waals surface area contributed by atoms with Crippen LogP contribution in [0.1, 0.15) is 28.0 Å². The summed E-state index contributed by atoms with van der Waals surface area (Å²) < 4.78 is 5.28. The molecule has 1 fully saturated rings. The van der Waals surface area contributed by atoms with Crippen molar-refractivity contribution in [3.05, 3.63) is 59.4 Å². The van der Waals surface area contributed by atoms with E-state index in [-0.39, 0.29) is 5.91 Å². The van der Waals surface area contributed by atoms with E-state index in [1.54, 1.807) is 7.11 Å². The van der Waals surface area contributed by atoms with E-state index in [1.807, 2.05) is 49.5 Å². The van der Waals surface area contributed by atoms with Gasteiger partial charge in [-0.05, 0) is 62.8 Å². The summed E-state index contributed by atoms with van der Waals surface area (Å²) >= 11 is 0. The summed E-state index contributed by atoms with van der Waals surface area (Å²) in [6.07, 6.45) is 2.99. The SMILES string of the molecule is COc1ccc2nc(C)c(C(=O)NCc3ccc(N4CCCN(C)CC4)nc3)cc2c1. The van der Waals surface area contributed by atoms with Gasteiger partial charge < -0.3 is 19.9 Å². The van der Waals surface area contributed by atoms with E-state index in [0.717, 1.165) is 60.6 Å². The minimum Gasteiger partial charge on any atom is -0.497 e. The summed E-state index contributed by atoms with van der Waals surface area (Å²) in [7, 11) is 3.78. The summed E-state index contributed by atoms with van der Waals surface area (Å²) in [6.45, 7) is 6.45. The molecule has 7 heteroatoms. The number of likely N-dealkylation sites (N-methyl/N-ethyl adjacent to an activating group) is 1. The Hall–Kier alpha value is -3.19. The second kappa shape index (κ2) is 9.31. The zero-order valence-corrected chi connectivity index (χ0v) is 18.4. The predicted octanol–water partition coefficient (Wildman–Crippen LogP) is 3.02. The van der Waals surface area contributed by atoms with Crippen molar-refractivity contribution >= 4 is 22.6 Å². The Balaban J connectivity index is 1.42. The van der Waals surface area contributed by atoms with Gasteiger partial charge in [0.25, 0.3) is 5.91 Å². The van der Waals surface area contributed by atoms with Crippen molar-refractivity contribution in [3.63, 3.8) is 0 Å². The van der Waals surface area contributed by atoms with Crippen molar-refractivity contribution in [2.45, 2.75) is 19.9 Å². The maximum Gasteiger partial charge on any atom is 0.253 e. The lowest BCUT2D eigenvalue weighted by molar-refractivity contribution is 0.0950. The molecule has 1 saturated heterocycles. The van der Waals surface area contributed by atoms with Crippen LogP contribution in [0.3, 0.4) is 0 Å². The fourth-order valence-corrected chi connectivity index (χ4v) is 3.87. The molecule has 0 bridgehead atoms. The zero-order valence-electron chi connectivity index (χ0n) is 18.4. The van der Waals surface area contributed by atoms with Gasteiger partial charge in [0.1, 0.15) is 11.6 Å². The molecular weight excluding hydrogens is 390 g/mol. The molecule has 7 nitrogen and oxygen atoms in total.